The fourth-order valence-electron chi connectivity index (χ4n) is 3.42. The highest BCUT2D eigenvalue weighted by molar-refractivity contribution is 5.91. The summed E-state index contributed by atoms with van der Waals surface area (Å²) in [5.41, 5.74) is 5.13. The molecule has 4 aromatic rings. The molecular formula is C25H21N3O4. The van der Waals surface area contributed by atoms with Gasteiger partial charge in [0.05, 0.1) is 37.6 Å². The number of nitrogens with zero attached hydrogens (tertiary/aromatic N) is 3. The lowest BCUT2D eigenvalue weighted by Crippen LogP contribution is -2.05. The van der Waals surface area contributed by atoms with E-state index in [0.29, 0.717) is 23.4 Å². The molecule has 0 aliphatic heterocycles. The van der Waals surface area contributed by atoms with Crippen molar-refractivity contribution in [3.63, 3.8) is 0 Å². The second-order valence-corrected chi connectivity index (χ2v) is 7.07. The first-order chi connectivity index (χ1) is 15.6. The van der Waals surface area contributed by atoms with Crippen molar-refractivity contribution < 1.29 is 19.1 Å². The Bertz CT molecular complexity index is 1230. The van der Waals surface area contributed by atoms with Gasteiger partial charge in [-0.05, 0) is 29.8 Å². The number of hydrogen-bond acceptors (Lipinski definition) is 6. The van der Waals surface area contributed by atoms with Crippen LogP contribution >= 0.6 is 0 Å². The zero-order valence-electron chi connectivity index (χ0n) is 17.7. The number of esters is 2. The Balaban J connectivity index is 1.78. The maximum Gasteiger partial charge on any atom is 0.337 e. The highest BCUT2D eigenvalue weighted by Gasteiger charge is 2.18. The smallest absolute Gasteiger partial charge is 0.337 e. The van der Waals surface area contributed by atoms with Gasteiger partial charge >= 0.3 is 11.9 Å². The number of ether oxygens (including phenoxy) is 2. The molecule has 0 spiro atoms. The summed E-state index contributed by atoms with van der Waals surface area (Å²) in [6.45, 7) is 0.530. The van der Waals surface area contributed by atoms with Gasteiger partial charge < -0.3 is 9.47 Å². The molecule has 0 saturated carbocycles. The minimum absolute atomic E-state index is 0.397. The third-order valence-corrected chi connectivity index (χ3v) is 5.07. The molecule has 7 heteroatoms. The Morgan fingerprint density at radius 1 is 0.750 bits per heavy atom. The summed E-state index contributed by atoms with van der Waals surface area (Å²) in [4.78, 5) is 23.6. The van der Waals surface area contributed by atoms with Gasteiger partial charge in [0.2, 0.25) is 0 Å². The number of aromatic nitrogens is 3. The molecule has 160 valence electrons. The fourth-order valence-corrected chi connectivity index (χ4v) is 3.42. The van der Waals surface area contributed by atoms with E-state index in [1.54, 1.807) is 24.3 Å². The normalized spacial score (nSPS) is 10.6. The molecule has 0 fully saturated rings. The SMILES string of the molecule is COC(=O)c1ccc(-c2nnn(Cc3ccccc3)c2-c2ccc(C(=O)OC)cc2)cc1. The van der Waals surface area contributed by atoms with E-state index in [-0.39, 0.29) is 0 Å². The van der Waals surface area contributed by atoms with E-state index in [1.165, 1.54) is 14.2 Å². The first-order valence-corrected chi connectivity index (χ1v) is 9.95. The zero-order valence-corrected chi connectivity index (χ0v) is 17.7. The Morgan fingerprint density at radius 2 is 1.28 bits per heavy atom. The van der Waals surface area contributed by atoms with Crippen molar-refractivity contribution in [1.82, 2.24) is 15.0 Å². The minimum atomic E-state index is -0.400. The van der Waals surface area contributed by atoms with Crippen molar-refractivity contribution in [3.8, 4) is 22.5 Å². The molecule has 0 aliphatic carbocycles. The third kappa shape index (κ3) is 4.27. The highest BCUT2D eigenvalue weighted by atomic mass is 16.5. The third-order valence-electron chi connectivity index (χ3n) is 5.07. The van der Waals surface area contributed by atoms with Gasteiger partial charge in [-0.25, -0.2) is 14.3 Å². The number of benzene rings is 3. The Hall–Kier alpha value is -4.26. The van der Waals surface area contributed by atoms with Gasteiger partial charge in [-0.15, -0.1) is 5.10 Å². The summed E-state index contributed by atoms with van der Waals surface area (Å²) in [6.07, 6.45) is 0. The molecule has 1 heterocycles. The summed E-state index contributed by atoms with van der Waals surface area (Å²) in [5, 5.41) is 8.83. The Kier molecular flexibility index (Phi) is 6.07. The molecule has 7 nitrogen and oxygen atoms in total. The number of hydrogen-bond donors (Lipinski definition) is 0. The molecule has 1 aromatic heterocycles. The van der Waals surface area contributed by atoms with E-state index >= 15 is 0 Å². The second-order valence-electron chi connectivity index (χ2n) is 7.07. The van der Waals surface area contributed by atoms with Gasteiger partial charge in [0.15, 0.2) is 0 Å². The first-order valence-electron chi connectivity index (χ1n) is 9.95. The average Bonchev–Trinajstić information content (AvgIpc) is 3.27. The van der Waals surface area contributed by atoms with Crippen molar-refractivity contribution in [1.29, 1.82) is 0 Å². The van der Waals surface area contributed by atoms with Crippen LogP contribution in [0.15, 0.2) is 78.9 Å². The van der Waals surface area contributed by atoms with Crippen LogP contribution in [0.2, 0.25) is 0 Å². The second kappa shape index (κ2) is 9.26. The van der Waals surface area contributed by atoms with E-state index < -0.39 is 11.9 Å². The lowest BCUT2D eigenvalue weighted by atomic mass is 10.0. The predicted octanol–water partition coefficient (Wildman–Crippen LogP) is 4.23. The van der Waals surface area contributed by atoms with Crippen LogP contribution in [0.1, 0.15) is 26.3 Å². The Morgan fingerprint density at radius 3 is 1.81 bits per heavy atom. The number of rotatable bonds is 6. The van der Waals surface area contributed by atoms with Crippen molar-refractivity contribution in [2.75, 3.05) is 14.2 Å². The average molecular weight is 427 g/mol. The highest BCUT2D eigenvalue weighted by Crippen LogP contribution is 2.31. The number of carbonyl (C=O) groups is 2. The molecular weight excluding hydrogens is 406 g/mol. The van der Waals surface area contributed by atoms with Crippen molar-refractivity contribution >= 4 is 11.9 Å². The van der Waals surface area contributed by atoms with Crippen LogP contribution in [-0.4, -0.2) is 41.2 Å². The summed E-state index contributed by atoms with van der Waals surface area (Å²) in [5.74, 6) is -0.797. The van der Waals surface area contributed by atoms with Crippen LogP contribution in [-0.2, 0) is 16.0 Å². The standard InChI is InChI=1S/C25H21N3O4/c1-31-24(29)20-12-8-18(9-13-20)22-23(19-10-14-21(15-11-19)25(30)32-2)28(27-26-22)16-17-6-4-3-5-7-17/h3-15H,16H2,1-2H3. The van der Waals surface area contributed by atoms with Crippen molar-refractivity contribution in [2.24, 2.45) is 0 Å². The molecule has 0 radical (unpaired) electrons. The molecule has 0 N–H and O–H groups in total. The van der Waals surface area contributed by atoms with Gasteiger partial charge in [-0.1, -0.05) is 59.8 Å². The van der Waals surface area contributed by atoms with Gasteiger partial charge in [0, 0.05) is 11.1 Å². The Labute approximate surface area is 185 Å². The molecule has 0 amide bonds. The summed E-state index contributed by atoms with van der Waals surface area (Å²) >= 11 is 0. The summed E-state index contributed by atoms with van der Waals surface area (Å²) < 4.78 is 11.4. The molecule has 0 bridgehead atoms. The molecule has 32 heavy (non-hydrogen) atoms. The van der Waals surface area contributed by atoms with Crippen LogP contribution < -0.4 is 0 Å². The molecule has 3 aromatic carbocycles. The van der Waals surface area contributed by atoms with E-state index in [2.05, 4.69) is 10.3 Å². The zero-order chi connectivity index (χ0) is 22.5. The fraction of sp³-hybridized carbons (Fsp3) is 0.120. The minimum Gasteiger partial charge on any atom is -0.465 e. The largest absolute Gasteiger partial charge is 0.465 e. The van der Waals surface area contributed by atoms with E-state index in [9.17, 15) is 9.59 Å². The van der Waals surface area contributed by atoms with Crippen LogP contribution in [0.25, 0.3) is 22.5 Å². The van der Waals surface area contributed by atoms with E-state index in [4.69, 9.17) is 9.47 Å². The van der Waals surface area contributed by atoms with Crippen LogP contribution in [0.4, 0.5) is 0 Å². The molecule has 0 atom stereocenters. The van der Waals surface area contributed by atoms with Gasteiger partial charge in [0.25, 0.3) is 0 Å². The van der Waals surface area contributed by atoms with E-state index in [0.717, 1.165) is 22.4 Å². The lowest BCUT2D eigenvalue weighted by Gasteiger charge is -2.10. The maximum absolute atomic E-state index is 11.8. The maximum atomic E-state index is 11.8. The lowest BCUT2D eigenvalue weighted by molar-refractivity contribution is 0.0592. The van der Waals surface area contributed by atoms with E-state index in [1.807, 2.05) is 59.3 Å². The van der Waals surface area contributed by atoms with Crippen LogP contribution in [0.5, 0.6) is 0 Å². The van der Waals surface area contributed by atoms with Crippen LogP contribution in [0.3, 0.4) is 0 Å². The van der Waals surface area contributed by atoms with Gasteiger partial charge in [0.1, 0.15) is 5.69 Å². The topological polar surface area (TPSA) is 83.3 Å². The van der Waals surface area contributed by atoms with Crippen LogP contribution in [0, 0.1) is 0 Å². The molecule has 4 rings (SSSR count). The number of carbonyl (C=O) groups excluding carboxylic acids is 2. The number of methoxy groups -OCH3 is 2. The monoisotopic (exact) mass is 427 g/mol. The molecule has 0 unspecified atom stereocenters. The summed E-state index contributed by atoms with van der Waals surface area (Å²) in [7, 11) is 2.70. The summed E-state index contributed by atoms with van der Waals surface area (Å²) in [6, 6.07) is 24.1. The van der Waals surface area contributed by atoms with Crippen molar-refractivity contribution in [3.05, 3.63) is 95.6 Å². The van der Waals surface area contributed by atoms with Gasteiger partial charge in [-0.3, -0.25) is 0 Å². The molecule has 0 aliphatic rings. The predicted molar refractivity (Wildman–Crippen MR) is 119 cm³/mol. The molecule has 0 saturated heterocycles. The quantitative estimate of drug-likeness (QED) is 0.428. The first kappa shape index (κ1) is 21.0. The van der Waals surface area contributed by atoms with Crippen molar-refractivity contribution in [2.45, 2.75) is 6.54 Å². The van der Waals surface area contributed by atoms with Gasteiger partial charge in [-0.2, -0.15) is 0 Å².